The number of hydrogen-bond donors (Lipinski definition) is 2. The van der Waals surface area contributed by atoms with E-state index in [1.54, 1.807) is 13.0 Å². The molecule has 0 saturated carbocycles. The lowest BCUT2D eigenvalue weighted by Crippen LogP contribution is -2.32. The van der Waals surface area contributed by atoms with Gasteiger partial charge in [-0.15, -0.1) is 0 Å². The van der Waals surface area contributed by atoms with E-state index < -0.39 is 10.0 Å². The van der Waals surface area contributed by atoms with Gasteiger partial charge in [0.05, 0.1) is 4.90 Å². The summed E-state index contributed by atoms with van der Waals surface area (Å²) in [5.41, 5.74) is 0.941. The molecule has 0 heterocycles. The summed E-state index contributed by atoms with van der Waals surface area (Å²) in [6, 6.07) is 2.98. The summed E-state index contributed by atoms with van der Waals surface area (Å²) in [6.07, 6.45) is 2.98. The number of carbonyl (C=O) groups is 1. The predicted molar refractivity (Wildman–Crippen MR) is 86.7 cm³/mol. The molecule has 118 valence electrons. The Labute approximate surface area is 134 Å². The van der Waals surface area contributed by atoms with Crippen LogP contribution in [0.15, 0.2) is 21.5 Å². The summed E-state index contributed by atoms with van der Waals surface area (Å²) < 4.78 is 23.5. The maximum Gasteiger partial charge on any atom is 0.251 e. The van der Waals surface area contributed by atoms with Gasteiger partial charge in [-0.05, 0) is 53.9 Å². The number of nitrogens with two attached hydrogens (primary N) is 1. The second-order valence-electron chi connectivity index (χ2n) is 5.17. The third kappa shape index (κ3) is 5.09. The van der Waals surface area contributed by atoms with Crippen LogP contribution >= 0.6 is 15.9 Å². The molecule has 0 radical (unpaired) electrons. The van der Waals surface area contributed by atoms with Crippen LogP contribution in [0.2, 0.25) is 0 Å². The Balaban J connectivity index is 3.04. The Morgan fingerprint density at radius 2 is 2.05 bits per heavy atom. The highest BCUT2D eigenvalue weighted by molar-refractivity contribution is 9.10. The first kappa shape index (κ1) is 18.1. The average molecular weight is 377 g/mol. The van der Waals surface area contributed by atoms with Gasteiger partial charge in [0, 0.05) is 16.1 Å². The van der Waals surface area contributed by atoms with Crippen molar-refractivity contribution < 1.29 is 13.2 Å². The Morgan fingerprint density at radius 3 is 2.57 bits per heavy atom. The number of hydrogen-bond acceptors (Lipinski definition) is 3. The molecule has 0 spiro atoms. The van der Waals surface area contributed by atoms with Crippen molar-refractivity contribution in [1.29, 1.82) is 0 Å². The van der Waals surface area contributed by atoms with Crippen LogP contribution in [-0.2, 0) is 10.0 Å². The Bertz CT molecular complexity index is 629. The Hall–Kier alpha value is -0.920. The lowest BCUT2D eigenvalue weighted by atomic mass is 10.1. The lowest BCUT2D eigenvalue weighted by Gasteiger charge is -2.15. The van der Waals surface area contributed by atoms with E-state index in [0.29, 0.717) is 15.6 Å². The summed E-state index contributed by atoms with van der Waals surface area (Å²) >= 11 is 3.19. The van der Waals surface area contributed by atoms with Crippen LogP contribution in [0.1, 0.15) is 49.0 Å². The van der Waals surface area contributed by atoms with E-state index in [1.165, 1.54) is 6.07 Å². The Morgan fingerprint density at radius 1 is 1.43 bits per heavy atom. The van der Waals surface area contributed by atoms with Crippen molar-refractivity contribution in [2.75, 3.05) is 0 Å². The SMILES string of the molecule is CCCCC(C)NC(=O)c1cc(C)c(Br)c(S(N)(=O)=O)c1. The minimum absolute atomic E-state index is 0.0411. The zero-order valence-electron chi connectivity index (χ0n) is 12.4. The van der Waals surface area contributed by atoms with Gasteiger partial charge in [0.2, 0.25) is 10.0 Å². The number of nitrogens with one attached hydrogen (secondary N) is 1. The molecular formula is C14H21BrN2O3S. The number of benzene rings is 1. The Kier molecular flexibility index (Phi) is 6.37. The molecule has 0 fully saturated rings. The van der Waals surface area contributed by atoms with E-state index in [2.05, 4.69) is 28.2 Å². The van der Waals surface area contributed by atoms with Gasteiger partial charge in [-0.1, -0.05) is 19.8 Å². The molecule has 21 heavy (non-hydrogen) atoms. The first-order chi connectivity index (χ1) is 9.66. The minimum atomic E-state index is -3.88. The number of primary sulfonamides is 1. The van der Waals surface area contributed by atoms with Crippen LogP contribution in [0.3, 0.4) is 0 Å². The minimum Gasteiger partial charge on any atom is -0.350 e. The van der Waals surface area contributed by atoms with Crippen LogP contribution in [0, 0.1) is 6.92 Å². The number of aryl methyl sites for hydroxylation is 1. The van der Waals surface area contributed by atoms with Gasteiger partial charge in [-0.2, -0.15) is 0 Å². The second kappa shape index (κ2) is 7.38. The molecular weight excluding hydrogens is 356 g/mol. The molecule has 0 aromatic heterocycles. The topological polar surface area (TPSA) is 89.3 Å². The van der Waals surface area contributed by atoms with Crippen molar-refractivity contribution in [1.82, 2.24) is 5.32 Å². The van der Waals surface area contributed by atoms with Crippen LogP contribution in [0.25, 0.3) is 0 Å². The smallest absolute Gasteiger partial charge is 0.251 e. The highest BCUT2D eigenvalue weighted by Gasteiger charge is 2.19. The molecule has 1 rings (SSSR count). The van der Waals surface area contributed by atoms with E-state index in [1.807, 2.05) is 6.92 Å². The molecule has 1 aromatic rings. The first-order valence-corrected chi connectivity index (χ1v) is 9.14. The fraction of sp³-hybridized carbons (Fsp3) is 0.500. The van der Waals surface area contributed by atoms with E-state index in [-0.39, 0.29) is 16.8 Å². The fourth-order valence-corrected chi connectivity index (χ4v) is 3.57. The van der Waals surface area contributed by atoms with Gasteiger partial charge in [0.1, 0.15) is 0 Å². The molecule has 0 aliphatic rings. The van der Waals surface area contributed by atoms with Crippen molar-refractivity contribution in [3.63, 3.8) is 0 Å². The molecule has 5 nitrogen and oxygen atoms in total. The first-order valence-electron chi connectivity index (χ1n) is 6.80. The predicted octanol–water partition coefficient (Wildman–Crippen LogP) is 2.71. The van der Waals surface area contributed by atoms with E-state index >= 15 is 0 Å². The van der Waals surface area contributed by atoms with Crippen LogP contribution in [0.5, 0.6) is 0 Å². The fourth-order valence-electron chi connectivity index (χ4n) is 1.96. The van der Waals surface area contributed by atoms with Crippen LogP contribution < -0.4 is 10.5 Å². The third-order valence-corrected chi connectivity index (χ3v) is 5.41. The van der Waals surface area contributed by atoms with Gasteiger partial charge in [-0.3, -0.25) is 4.79 Å². The monoisotopic (exact) mass is 376 g/mol. The lowest BCUT2D eigenvalue weighted by molar-refractivity contribution is 0.0937. The molecule has 1 amide bonds. The molecule has 1 aromatic carbocycles. The van der Waals surface area contributed by atoms with Gasteiger partial charge >= 0.3 is 0 Å². The largest absolute Gasteiger partial charge is 0.350 e. The van der Waals surface area contributed by atoms with Crippen molar-refractivity contribution >= 4 is 31.9 Å². The normalized spacial score (nSPS) is 13.0. The summed E-state index contributed by atoms with van der Waals surface area (Å²) in [6.45, 7) is 5.74. The van der Waals surface area contributed by atoms with Crippen molar-refractivity contribution in [2.45, 2.75) is 51.0 Å². The average Bonchev–Trinajstić information content (AvgIpc) is 2.37. The molecule has 3 N–H and O–H groups in total. The van der Waals surface area contributed by atoms with Gasteiger partial charge in [-0.25, -0.2) is 13.6 Å². The van der Waals surface area contributed by atoms with E-state index in [9.17, 15) is 13.2 Å². The summed E-state index contributed by atoms with van der Waals surface area (Å²) in [5.74, 6) is -0.292. The maximum absolute atomic E-state index is 12.2. The second-order valence-corrected chi connectivity index (χ2v) is 7.49. The number of amides is 1. The van der Waals surface area contributed by atoms with Crippen molar-refractivity contribution in [2.24, 2.45) is 5.14 Å². The molecule has 1 atom stereocenters. The van der Waals surface area contributed by atoms with Crippen molar-refractivity contribution in [3.05, 3.63) is 27.7 Å². The molecule has 1 unspecified atom stereocenters. The summed E-state index contributed by atoms with van der Waals surface area (Å²) in [7, 11) is -3.88. The summed E-state index contributed by atoms with van der Waals surface area (Å²) in [4.78, 5) is 12.1. The number of halogens is 1. The highest BCUT2D eigenvalue weighted by Crippen LogP contribution is 2.26. The molecule has 0 bridgehead atoms. The molecule has 0 aliphatic heterocycles. The van der Waals surface area contributed by atoms with Crippen molar-refractivity contribution in [3.8, 4) is 0 Å². The van der Waals surface area contributed by atoms with Gasteiger partial charge in [0.15, 0.2) is 0 Å². The van der Waals surface area contributed by atoms with Gasteiger partial charge in [0.25, 0.3) is 5.91 Å². The van der Waals surface area contributed by atoms with Crippen LogP contribution in [-0.4, -0.2) is 20.4 Å². The zero-order chi connectivity index (χ0) is 16.2. The third-order valence-electron chi connectivity index (χ3n) is 3.16. The number of rotatable bonds is 6. The van der Waals surface area contributed by atoms with Gasteiger partial charge < -0.3 is 5.32 Å². The number of sulfonamides is 1. The zero-order valence-corrected chi connectivity index (χ0v) is 14.8. The molecule has 0 aliphatic carbocycles. The molecule has 0 saturated heterocycles. The highest BCUT2D eigenvalue weighted by atomic mass is 79.9. The number of unbranched alkanes of at least 4 members (excludes halogenated alkanes) is 1. The quantitative estimate of drug-likeness (QED) is 0.799. The maximum atomic E-state index is 12.2. The van der Waals surface area contributed by atoms with E-state index in [0.717, 1.165) is 19.3 Å². The standard InChI is InChI=1S/C14H21BrN2O3S/c1-4-5-6-10(3)17-14(18)11-7-9(2)13(15)12(8-11)21(16,19)20/h7-8,10H,4-6H2,1-3H3,(H,17,18)(H2,16,19,20). The van der Waals surface area contributed by atoms with E-state index in [4.69, 9.17) is 5.14 Å². The summed E-state index contributed by atoms with van der Waals surface area (Å²) in [5, 5.41) is 8.04. The van der Waals surface area contributed by atoms with Crippen LogP contribution in [0.4, 0.5) is 0 Å². The number of carbonyl (C=O) groups excluding carboxylic acids is 1. The molecule has 7 heteroatoms.